The quantitative estimate of drug-likeness (QED) is 0.617. The van der Waals surface area contributed by atoms with Gasteiger partial charge in [-0.3, -0.25) is 4.79 Å². The van der Waals surface area contributed by atoms with Gasteiger partial charge in [-0.1, -0.05) is 48.5 Å². The van der Waals surface area contributed by atoms with Gasteiger partial charge in [0.25, 0.3) is 5.91 Å². The first kappa shape index (κ1) is 16.5. The van der Waals surface area contributed by atoms with Crippen molar-refractivity contribution in [3.05, 3.63) is 71.2 Å². The Morgan fingerprint density at radius 1 is 1.00 bits per heavy atom. The third-order valence-electron chi connectivity index (χ3n) is 3.86. The van der Waals surface area contributed by atoms with Gasteiger partial charge in [0.05, 0.1) is 4.47 Å². The van der Waals surface area contributed by atoms with Gasteiger partial charge in [-0.2, -0.15) is 0 Å². The minimum absolute atomic E-state index is 0.000323. The van der Waals surface area contributed by atoms with E-state index in [0.717, 1.165) is 20.9 Å². The van der Waals surface area contributed by atoms with E-state index in [2.05, 4.69) is 15.9 Å². The zero-order chi connectivity index (χ0) is 16.9. The maximum absolute atomic E-state index is 12.5. The predicted molar refractivity (Wildman–Crippen MR) is 102 cm³/mol. The lowest BCUT2D eigenvalue weighted by Crippen LogP contribution is -2.34. The molecule has 3 nitrogen and oxygen atoms in total. The van der Waals surface area contributed by atoms with Crippen molar-refractivity contribution in [3.63, 3.8) is 0 Å². The van der Waals surface area contributed by atoms with Crippen LogP contribution >= 0.6 is 15.9 Å². The van der Waals surface area contributed by atoms with E-state index in [-0.39, 0.29) is 12.5 Å². The minimum Gasteiger partial charge on any atom is -0.483 e. The van der Waals surface area contributed by atoms with Gasteiger partial charge in [0.15, 0.2) is 6.61 Å². The number of fused-ring (bicyclic) bond motifs is 1. The van der Waals surface area contributed by atoms with E-state index in [4.69, 9.17) is 4.74 Å². The zero-order valence-corrected chi connectivity index (χ0v) is 15.0. The molecule has 0 radical (unpaired) electrons. The number of hydrogen-bond acceptors (Lipinski definition) is 2. The summed E-state index contributed by atoms with van der Waals surface area (Å²) in [5, 5.41) is 2.19. The highest BCUT2D eigenvalue weighted by atomic mass is 79.9. The van der Waals surface area contributed by atoms with Crippen molar-refractivity contribution in [1.29, 1.82) is 0 Å². The summed E-state index contributed by atoms with van der Waals surface area (Å²) >= 11 is 3.58. The van der Waals surface area contributed by atoms with Crippen LogP contribution in [0.15, 0.2) is 71.2 Å². The number of ether oxygens (including phenoxy) is 1. The molecule has 3 rings (SSSR count). The van der Waals surface area contributed by atoms with E-state index in [9.17, 15) is 4.79 Å². The fourth-order valence-corrected chi connectivity index (χ4v) is 3.26. The predicted octanol–water partition coefficient (Wildman–Crippen LogP) is 5.03. The van der Waals surface area contributed by atoms with Crippen LogP contribution in [0.5, 0.6) is 5.75 Å². The molecule has 0 aliphatic rings. The molecular weight excluding hydrogens is 366 g/mol. The number of likely N-dealkylation sites (N-methyl/N-ethyl adjacent to an activating group) is 1. The number of amides is 1. The van der Waals surface area contributed by atoms with Crippen molar-refractivity contribution >= 4 is 38.3 Å². The second-order valence-corrected chi connectivity index (χ2v) is 6.15. The topological polar surface area (TPSA) is 29.5 Å². The molecule has 0 aromatic heterocycles. The largest absolute Gasteiger partial charge is 0.483 e. The Kier molecular flexibility index (Phi) is 5.16. The van der Waals surface area contributed by atoms with E-state index >= 15 is 0 Å². The summed E-state index contributed by atoms with van der Waals surface area (Å²) in [5.41, 5.74) is 0.881. The van der Waals surface area contributed by atoms with Gasteiger partial charge < -0.3 is 9.64 Å². The SMILES string of the molecule is CCN(C(=O)COc1ccc2ccccc2c1Br)c1ccccc1. The van der Waals surface area contributed by atoms with Crippen LogP contribution in [-0.4, -0.2) is 19.1 Å². The number of halogens is 1. The summed E-state index contributed by atoms with van der Waals surface area (Å²) < 4.78 is 6.64. The van der Waals surface area contributed by atoms with Crippen LogP contribution in [0.2, 0.25) is 0 Å². The fraction of sp³-hybridized carbons (Fsp3) is 0.150. The molecule has 0 saturated carbocycles. The summed E-state index contributed by atoms with van der Waals surface area (Å²) in [6, 6.07) is 21.6. The number of para-hydroxylation sites is 1. The van der Waals surface area contributed by atoms with Crippen molar-refractivity contribution in [2.75, 3.05) is 18.1 Å². The second kappa shape index (κ2) is 7.49. The first-order valence-corrected chi connectivity index (χ1v) is 8.65. The minimum atomic E-state index is -0.0660. The standard InChI is InChI=1S/C20H18BrNO2/c1-2-22(16-9-4-3-5-10-16)19(23)14-24-18-13-12-15-8-6-7-11-17(15)20(18)21/h3-13H,2,14H2,1H3. The normalized spacial score (nSPS) is 10.6. The van der Waals surface area contributed by atoms with Crippen LogP contribution in [0.3, 0.4) is 0 Å². The van der Waals surface area contributed by atoms with Crippen molar-refractivity contribution in [1.82, 2.24) is 0 Å². The molecule has 0 fully saturated rings. The molecule has 0 spiro atoms. The Labute approximate surface area is 150 Å². The van der Waals surface area contributed by atoms with Gasteiger partial charge in [-0.25, -0.2) is 0 Å². The molecule has 0 unspecified atom stereocenters. The van der Waals surface area contributed by atoms with Crippen molar-refractivity contribution in [2.45, 2.75) is 6.92 Å². The van der Waals surface area contributed by atoms with Crippen LogP contribution in [0.4, 0.5) is 5.69 Å². The molecular formula is C20H18BrNO2. The molecule has 122 valence electrons. The Morgan fingerprint density at radius 2 is 1.71 bits per heavy atom. The summed E-state index contributed by atoms with van der Waals surface area (Å²) in [4.78, 5) is 14.2. The van der Waals surface area contributed by atoms with Crippen LogP contribution in [0, 0.1) is 0 Å². The smallest absolute Gasteiger partial charge is 0.264 e. The van der Waals surface area contributed by atoms with Crippen LogP contribution in [0.25, 0.3) is 10.8 Å². The third kappa shape index (κ3) is 3.44. The highest BCUT2D eigenvalue weighted by molar-refractivity contribution is 9.10. The molecule has 0 bridgehead atoms. The van der Waals surface area contributed by atoms with E-state index < -0.39 is 0 Å². The second-order valence-electron chi connectivity index (χ2n) is 5.36. The number of carbonyl (C=O) groups is 1. The Balaban J connectivity index is 1.75. The summed E-state index contributed by atoms with van der Waals surface area (Å²) in [6.07, 6.45) is 0. The summed E-state index contributed by atoms with van der Waals surface area (Å²) in [6.45, 7) is 2.56. The van der Waals surface area contributed by atoms with E-state index in [0.29, 0.717) is 12.3 Å². The van der Waals surface area contributed by atoms with Gasteiger partial charge in [0.2, 0.25) is 0 Å². The third-order valence-corrected chi connectivity index (χ3v) is 4.68. The molecule has 0 heterocycles. The van der Waals surface area contributed by atoms with E-state index in [1.165, 1.54) is 0 Å². The summed E-state index contributed by atoms with van der Waals surface area (Å²) in [5.74, 6) is 0.606. The lowest BCUT2D eigenvalue weighted by molar-refractivity contribution is -0.120. The maximum Gasteiger partial charge on any atom is 0.264 e. The van der Waals surface area contributed by atoms with Crippen LogP contribution < -0.4 is 9.64 Å². The Bertz CT molecular complexity index is 849. The van der Waals surface area contributed by atoms with E-state index in [1.807, 2.05) is 73.7 Å². The number of nitrogens with zero attached hydrogens (tertiary/aromatic N) is 1. The van der Waals surface area contributed by atoms with Gasteiger partial charge in [-0.15, -0.1) is 0 Å². The average molecular weight is 384 g/mol. The zero-order valence-electron chi connectivity index (χ0n) is 13.4. The lowest BCUT2D eigenvalue weighted by Gasteiger charge is -2.21. The molecule has 0 aliphatic heterocycles. The highest BCUT2D eigenvalue weighted by Crippen LogP contribution is 2.33. The molecule has 1 amide bonds. The molecule has 4 heteroatoms. The van der Waals surface area contributed by atoms with Gasteiger partial charge >= 0.3 is 0 Å². The van der Waals surface area contributed by atoms with Crippen LogP contribution in [-0.2, 0) is 4.79 Å². The summed E-state index contributed by atoms with van der Waals surface area (Å²) in [7, 11) is 0. The first-order chi connectivity index (χ1) is 11.7. The first-order valence-electron chi connectivity index (χ1n) is 7.86. The molecule has 0 N–H and O–H groups in total. The van der Waals surface area contributed by atoms with Crippen molar-refractivity contribution < 1.29 is 9.53 Å². The molecule has 3 aromatic carbocycles. The monoisotopic (exact) mass is 383 g/mol. The number of anilines is 1. The van der Waals surface area contributed by atoms with Gasteiger partial charge in [-0.05, 0) is 51.8 Å². The van der Waals surface area contributed by atoms with Crippen molar-refractivity contribution in [2.24, 2.45) is 0 Å². The number of carbonyl (C=O) groups excluding carboxylic acids is 1. The molecule has 0 atom stereocenters. The van der Waals surface area contributed by atoms with Crippen LogP contribution in [0.1, 0.15) is 6.92 Å². The maximum atomic E-state index is 12.5. The Morgan fingerprint density at radius 3 is 2.46 bits per heavy atom. The van der Waals surface area contributed by atoms with Gasteiger partial charge in [0, 0.05) is 12.2 Å². The highest BCUT2D eigenvalue weighted by Gasteiger charge is 2.15. The molecule has 0 aliphatic carbocycles. The lowest BCUT2D eigenvalue weighted by atomic mass is 10.1. The fourth-order valence-electron chi connectivity index (χ4n) is 2.65. The Hall–Kier alpha value is -2.33. The van der Waals surface area contributed by atoms with Gasteiger partial charge in [0.1, 0.15) is 5.75 Å². The average Bonchev–Trinajstić information content (AvgIpc) is 2.63. The molecule has 0 saturated heterocycles. The number of hydrogen-bond donors (Lipinski definition) is 0. The molecule has 24 heavy (non-hydrogen) atoms. The van der Waals surface area contributed by atoms with E-state index in [1.54, 1.807) is 4.90 Å². The van der Waals surface area contributed by atoms with Crippen molar-refractivity contribution in [3.8, 4) is 5.75 Å². The number of rotatable bonds is 5. The molecule has 3 aromatic rings. The number of benzene rings is 3.